The SMILES string of the molecule is COc1ccc(Cl)cc1C(O)c1cc(I)ccc1Br. The Morgan fingerprint density at radius 3 is 2.63 bits per heavy atom. The first-order valence-electron chi connectivity index (χ1n) is 5.49. The molecule has 0 saturated carbocycles. The normalized spacial score (nSPS) is 12.3. The van der Waals surface area contributed by atoms with E-state index in [1.165, 1.54) is 0 Å². The van der Waals surface area contributed by atoms with E-state index in [9.17, 15) is 5.11 Å². The molecule has 2 aromatic carbocycles. The van der Waals surface area contributed by atoms with Gasteiger partial charge in [-0.15, -0.1) is 0 Å². The highest BCUT2D eigenvalue weighted by Gasteiger charge is 2.18. The van der Waals surface area contributed by atoms with Gasteiger partial charge in [-0.1, -0.05) is 27.5 Å². The Morgan fingerprint density at radius 2 is 1.95 bits per heavy atom. The quantitative estimate of drug-likeness (QED) is 0.677. The summed E-state index contributed by atoms with van der Waals surface area (Å²) in [5.41, 5.74) is 1.44. The Morgan fingerprint density at radius 1 is 1.21 bits per heavy atom. The van der Waals surface area contributed by atoms with Crippen LogP contribution in [0.1, 0.15) is 17.2 Å². The predicted octanol–water partition coefficient (Wildman–Crippen LogP) is 4.80. The lowest BCUT2D eigenvalue weighted by Gasteiger charge is -2.17. The van der Waals surface area contributed by atoms with E-state index >= 15 is 0 Å². The number of methoxy groups -OCH3 is 1. The molecule has 0 bridgehead atoms. The molecule has 0 saturated heterocycles. The summed E-state index contributed by atoms with van der Waals surface area (Å²) in [6, 6.07) is 11.0. The molecular weight excluding hydrogens is 442 g/mol. The Balaban J connectivity index is 2.51. The van der Waals surface area contributed by atoms with Gasteiger partial charge in [-0.3, -0.25) is 0 Å². The van der Waals surface area contributed by atoms with E-state index in [-0.39, 0.29) is 0 Å². The molecule has 0 fully saturated rings. The lowest BCUT2D eigenvalue weighted by atomic mass is 10.0. The molecule has 19 heavy (non-hydrogen) atoms. The van der Waals surface area contributed by atoms with E-state index in [1.807, 2.05) is 18.2 Å². The molecule has 1 unspecified atom stereocenters. The number of halogens is 3. The topological polar surface area (TPSA) is 29.5 Å². The fourth-order valence-electron chi connectivity index (χ4n) is 1.81. The van der Waals surface area contributed by atoms with E-state index in [0.717, 1.165) is 13.6 Å². The van der Waals surface area contributed by atoms with Crippen LogP contribution >= 0.6 is 50.1 Å². The van der Waals surface area contributed by atoms with Crippen LogP contribution in [-0.4, -0.2) is 12.2 Å². The number of hydrogen-bond donors (Lipinski definition) is 1. The van der Waals surface area contributed by atoms with Crippen LogP contribution in [0.15, 0.2) is 40.9 Å². The van der Waals surface area contributed by atoms with E-state index < -0.39 is 6.10 Å². The zero-order chi connectivity index (χ0) is 14.0. The Kier molecular flexibility index (Phi) is 5.11. The lowest BCUT2D eigenvalue weighted by Crippen LogP contribution is -2.03. The highest BCUT2D eigenvalue weighted by molar-refractivity contribution is 14.1. The molecular formula is C14H11BrClIO2. The van der Waals surface area contributed by atoms with Gasteiger partial charge >= 0.3 is 0 Å². The van der Waals surface area contributed by atoms with Crippen LogP contribution in [0, 0.1) is 3.57 Å². The van der Waals surface area contributed by atoms with Crippen molar-refractivity contribution in [2.24, 2.45) is 0 Å². The maximum atomic E-state index is 10.6. The molecule has 2 nitrogen and oxygen atoms in total. The Bertz CT molecular complexity index is 604. The fourth-order valence-corrected chi connectivity index (χ4v) is 2.97. The van der Waals surface area contributed by atoms with Gasteiger partial charge in [0.2, 0.25) is 0 Å². The third kappa shape index (κ3) is 3.42. The summed E-state index contributed by atoms with van der Waals surface area (Å²) < 4.78 is 7.18. The standard InChI is InChI=1S/C14H11BrClIO2/c1-19-13-5-2-8(16)6-11(13)14(18)10-7-9(17)3-4-12(10)15/h2-7,14,18H,1H3. The molecule has 0 radical (unpaired) electrons. The lowest BCUT2D eigenvalue weighted by molar-refractivity contribution is 0.214. The molecule has 0 aliphatic heterocycles. The van der Waals surface area contributed by atoms with Gasteiger partial charge < -0.3 is 9.84 Å². The average molecular weight is 454 g/mol. The third-order valence-electron chi connectivity index (χ3n) is 2.74. The predicted molar refractivity (Wildman–Crippen MR) is 88.9 cm³/mol. The summed E-state index contributed by atoms with van der Waals surface area (Å²) >= 11 is 11.7. The molecule has 2 rings (SSSR count). The smallest absolute Gasteiger partial charge is 0.125 e. The maximum absolute atomic E-state index is 10.6. The van der Waals surface area contributed by atoms with Gasteiger partial charge in [0.15, 0.2) is 0 Å². The number of rotatable bonds is 3. The van der Waals surface area contributed by atoms with Crippen molar-refractivity contribution in [3.63, 3.8) is 0 Å². The van der Waals surface area contributed by atoms with Crippen LogP contribution in [0.4, 0.5) is 0 Å². The van der Waals surface area contributed by atoms with Crippen molar-refractivity contribution < 1.29 is 9.84 Å². The van der Waals surface area contributed by atoms with Crippen molar-refractivity contribution in [3.05, 3.63) is 60.6 Å². The Hall–Kier alpha value is -0.300. The molecule has 0 aliphatic rings. The monoisotopic (exact) mass is 452 g/mol. The largest absolute Gasteiger partial charge is 0.496 e. The van der Waals surface area contributed by atoms with Crippen molar-refractivity contribution in [3.8, 4) is 5.75 Å². The van der Waals surface area contributed by atoms with Gasteiger partial charge in [-0.05, 0) is 59.0 Å². The van der Waals surface area contributed by atoms with Gasteiger partial charge in [-0.2, -0.15) is 0 Å². The van der Waals surface area contributed by atoms with Gasteiger partial charge in [0.25, 0.3) is 0 Å². The minimum atomic E-state index is -0.794. The number of aliphatic hydroxyl groups is 1. The average Bonchev–Trinajstić information content (AvgIpc) is 2.40. The molecule has 2 aromatic rings. The van der Waals surface area contributed by atoms with Crippen LogP contribution in [0.25, 0.3) is 0 Å². The highest BCUT2D eigenvalue weighted by Crippen LogP contribution is 2.35. The number of hydrogen-bond acceptors (Lipinski definition) is 2. The third-order valence-corrected chi connectivity index (χ3v) is 4.37. The molecule has 0 aromatic heterocycles. The van der Waals surface area contributed by atoms with Crippen molar-refractivity contribution in [1.29, 1.82) is 0 Å². The van der Waals surface area contributed by atoms with E-state index in [1.54, 1.807) is 25.3 Å². The second-order valence-electron chi connectivity index (χ2n) is 3.95. The van der Waals surface area contributed by atoms with Crippen molar-refractivity contribution >= 4 is 50.1 Å². The molecule has 0 spiro atoms. The molecule has 0 heterocycles. The molecule has 1 atom stereocenters. The summed E-state index contributed by atoms with van der Waals surface area (Å²) in [4.78, 5) is 0. The van der Waals surface area contributed by atoms with E-state index in [4.69, 9.17) is 16.3 Å². The van der Waals surface area contributed by atoms with Crippen LogP contribution in [0.5, 0.6) is 5.75 Å². The van der Waals surface area contributed by atoms with Gasteiger partial charge in [0, 0.05) is 24.2 Å². The van der Waals surface area contributed by atoms with Crippen molar-refractivity contribution in [2.45, 2.75) is 6.10 Å². The van der Waals surface area contributed by atoms with Gasteiger partial charge in [-0.25, -0.2) is 0 Å². The molecule has 0 amide bonds. The first-order chi connectivity index (χ1) is 9.02. The first kappa shape index (κ1) is 15.1. The molecule has 5 heteroatoms. The van der Waals surface area contributed by atoms with Crippen molar-refractivity contribution in [1.82, 2.24) is 0 Å². The summed E-state index contributed by atoms with van der Waals surface area (Å²) in [7, 11) is 1.57. The summed E-state index contributed by atoms with van der Waals surface area (Å²) in [6.45, 7) is 0. The van der Waals surface area contributed by atoms with Gasteiger partial charge in [0.1, 0.15) is 11.9 Å². The van der Waals surface area contributed by atoms with Gasteiger partial charge in [0.05, 0.1) is 7.11 Å². The summed E-state index contributed by atoms with van der Waals surface area (Å²) in [6.07, 6.45) is -0.794. The van der Waals surface area contributed by atoms with Crippen LogP contribution in [-0.2, 0) is 0 Å². The van der Waals surface area contributed by atoms with E-state index in [0.29, 0.717) is 16.3 Å². The maximum Gasteiger partial charge on any atom is 0.125 e. The molecule has 0 aliphatic carbocycles. The second-order valence-corrected chi connectivity index (χ2v) is 6.49. The minimum Gasteiger partial charge on any atom is -0.496 e. The van der Waals surface area contributed by atoms with Crippen molar-refractivity contribution in [2.75, 3.05) is 7.11 Å². The highest BCUT2D eigenvalue weighted by atomic mass is 127. The zero-order valence-corrected chi connectivity index (χ0v) is 14.5. The molecule has 100 valence electrons. The number of benzene rings is 2. The zero-order valence-electron chi connectivity index (χ0n) is 10.0. The first-order valence-corrected chi connectivity index (χ1v) is 7.74. The minimum absolute atomic E-state index is 0.566. The number of aliphatic hydroxyl groups excluding tert-OH is 1. The summed E-state index contributed by atoms with van der Waals surface area (Å²) in [5.74, 6) is 0.614. The second kappa shape index (κ2) is 6.43. The number of ether oxygens (including phenoxy) is 1. The van der Waals surface area contributed by atoms with E-state index in [2.05, 4.69) is 38.5 Å². The van der Waals surface area contributed by atoms with Crippen LogP contribution in [0.2, 0.25) is 5.02 Å². The molecule has 1 N–H and O–H groups in total. The summed E-state index contributed by atoms with van der Waals surface area (Å²) in [5, 5.41) is 11.1. The van der Waals surface area contributed by atoms with Crippen LogP contribution in [0.3, 0.4) is 0 Å². The van der Waals surface area contributed by atoms with Crippen LogP contribution < -0.4 is 4.74 Å². The Labute approximate surface area is 139 Å². The fraction of sp³-hybridized carbons (Fsp3) is 0.143.